The number of halogens is 2. The Balaban J connectivity index is 1.39. The molecule has 5 fully saturated rings. The van der Waals surface area contributed by atoms with E-state index in [-0.39, 0.29) is 18.3 Å². The third kappa shape index (κ3) is 5.34. The minimum absolute atomic E-state index is 0.237. The standard InChI is InChI=1S/C35H44F2N2O4/c1-33(2,3)27-28(38-20-24-15-25(12-13-26(24)43-4)34-16-21(17-34)18-34)29(22-9-6-5-7-10-22)39(30(27)32(41)42)31(40)23-11-8-14-35(36,37)19-23/h5-7,9-10,12-13,15,21,23,27-30,38H,8,11,14,16-20H2,1-4H3,(H,41,42)/t21?,23-,27+,28+,29+,30+,34?/m1/s1. The molecule has 5 atom stereocenters. The molecule has 232 valence electrons. The minimum Gasteiger partial charge on any atom is -0.496 e. The fourth-order valence-corrected chi connectivity index (χ4v) is 8.63. The van der Waals surface area contributed by atoms with E-state index in [1.54, 1.807) is 7.11 Å². The minimum atomic E-state index is -2.93. The number of carbonyl (C=O) groups excluding carboxylic acids is 1. The van der Waals surface area contributed by atoms with Gasteiger partial charge in [0.2, 0.25) is 11.8 Å². The van der Waals surface area contributed by atoms with Gasteiger partial charge in [-0.15, -0.1) is 0 Å². The summed E-state index contributed by atoms with van der Waals surface area (Å²) in [5, 5.41) is 14.4. The number of alkyl halides is 2. The Morgan fingerprint density at radius 2 is 1.77 bits per heavy atom. The number of nitrogens with zero attached hydrogens (tertiary/aromatic N) is 1. The maximum absolute atomic E-state index is 14.5. The average Bonchev–Trinajstić information content (AvgIpc) is 3.26. The second-order valence-corrected chi connectivity index (χ2v) is 14.6. The van der Waals surface area contributed by atoms with Crippen molar-refractivity contribution >= 4 is 11.9 Å². The quantitative estimate of drug-likeness (QED) is 0.354. The lowest BCUT2D eigenvalue weighted by molar-refractivity contribution is -0.157. The third-order valence-electron chi connectivity index (χ3n) is 10.8. The van der Waals surface area contributed by atoms with Crippen LogP contribution in [-0.2, 0) is 21.5 Å². The van der Waals surface area contributed by atoms with E-state index in [9.17, 15) is 23.5 Å². The van der Waals surface area contributed by atoms with Gasteiger partial charge in [0, 0.05) is 42.8 Å². The lowest BCUT2D eigenvalue weighted by Gasteiger charge is -2.62. The topological polar surface area (TPSA) is 78.9 Å². The maximum Gasteiger partial charge on any atom is 0.326 e. The number of nitrogens with one attached hydrogen (secondary N) is 1. The van der Waals surface area contributed by atoms with E-state index in [1.165, 1.54) is 29.7 Å². The van der Waals surface area contributed by atoms with Crippen molar-refractivity contribution in [2.24, 2.45) is 23.2 Å². The van der Waals surface area contributed by atoms with E-state index in [0.717, 1.165) is 22.8 Å². The number of ether oxygens (including phenoxy) is 1. The Bertz CT molecular complexity index is 1360. The molecule has 2 bridgehead atoms. The molecule has 5 aliphatic rings. The number of likely N-dealkylation sites (tertiary alicyclic amines) is 1. The summed E-state index contributed by atoms with van der Waals surface area (Å²) in [7, 11) is 1.65. The summed E-state index contributed by atoms with van der Waals surface area (Å²) in [6.45, 7) is 6.41. The van der Waals surface area contributed by atoms with Gasteiger partial charge in [-0.25, -0.2) is 13.6 Å². The first-order valence-corrected chi connectivity index (χ1v) is 15.7. The van der Waals surface area contributed by atoms with Gasteiger partial charge >= 0.3 is 5.97 Å². The molecule has 1 amide bonds. The molecule has 0 aromatic heterocycles. The number of hydrogen-bond acceptors (Lipinski definition) is 4. The van der Waals surface area contributed by atoms with Crippen LogP contribution < -0.4 is 10.1 Å². The van der Waals surface area contributed by atoms with Gasteiger partial charge in [0.15, 0.2) is 0 Å². The second kappa shape index (κ2) is 10.9. The maximum atomic E-state index is 14.5. The number of carbonyl (C=O) groups is 2. The van der Waals surface area contributed by atoms with Crippen LogP contribution in [0.5, 0.6) is 5.75 Å². The van der Waals surface area contributed by atoms with Crippen molar-refractivity contribution in [2.75, 3.05) is 7.11 Å². The van der Waals surface area contributed by atoms with Crippen molar-refractivity contribution in [3.8, 4) is 5.75 Å². The molecule has 0 unspecified atom stereocenters. The van der Waals surface area contributed by atoms with Crippen LogP contribution in [0.25, 0.3) is 0 Å². The molecule has 7 rings (SSSR count). The first-order valence-electron chi connectivity index (χ1n) is 15.7. The summed E-state index contributed by atoms with van der Waals surface area (Å²) < 4.78 is 34.8. The fourth-order valence-electron chi connectivity index (χ4n) is 8.63. The van der Waals surface area contributed by atoms with Gasteiger partial charge in [0.25, 0.3) is 0 Å². The summed E-state index contributed by atoms with van der Waals surface area (Å²) in [4.78, 5) is 28.8. The van der Waals surface area contributed by atoms with Crippen molar-refractivity contribution in [1.82, 2.24) is 10.2 Å². The Morgan fingerprint density at radius 3 is 2.33 bits per heavy atom. The number of aliphatic carboxylic acids is 1. The largest absolute Gasteiger partial charge is 0.496 e. The molecule has 4 saturated carbocycles. The van der Waals surface area contributed by atoms with Gasteiger partial charge in [-0.2, -0.15) is 0 Å². The average molecular weight is 595 g/mol. The monoisotopic (exact) mass is 594 g/mol. The van der Waals surface area contributed by atoms with Gasteiger partial charge < -0.3 is 20.1 Å². The van der Waals surface area contributed by atoms with Crippen LogP contribution in [0.3, 0.4) is 0 Å². The van der Waals surface area contributed by atoms with E-state index in [4.69, 9.17) is 4.74 Å². The zero-order chi connectivity index (χ0) is 30.7. The molecular weight excluding hydrogens is 550 g/mol. The van der Waals surface area contributed by atoms with Crippen LogP contribution in [0.1, 0.15) is 88.4 Å². The number of carboxylic acids is 1. The summed E-state index contributed by atoms with van der Waals surface area (Å²) in [6, 6.07) is 13.6. The SMILES string of the molecule is COc1ccc(C23CC(C2)C3)cc1CN[C@H]1[C@H](C(C)(C)C)[C@@H](C(=O)O)N(C(=O)[C@@H]2CCCC(F)(F)C2)[C@H]1c1ccccc1. The van der Waals surface area contributed by atoms with Crippen molar-refractivity contribution in [1.29, 1.82) is 0 Å². The van der Waals surface area contributed by atoms with Gasteiger partial charge in [-0.3, -0.25) is 4.79 Å². The number of benzene rings is 2. The highest BCUT2D eigenvalue weighted by Gasteiger charge is 2.59. The van der Waals surface area contributed by atoms with Crippen LogP contribution in [-0.4, -0.2) is 47.0 Å². The summed E-state index contributed by atoms with van der Waals surface area (Å²) in [5.41, 5.74) is 2.87. The van der Waals surface area contributed by atoms with Gasteiger partial charge in [-0.05, 0) is 66.0 Å². The van der Waals surface area contributed by atoms with Gasteiger partial charge in [-0.1, -0.05) is 63.2 Å². The first-order chi connectivity index (χ1) is 20.3. The van der Waals surface area contributed by atoms with E-state index in [1.807, 2.05) is 57.2 Å². The van der Waals surface area contributed by atoms with Crippen LogP contribution >= 0.6 is 0 Å². The van der Waals surface area contributed by atoms with E-state index < -0.39 is 59.6 Å². The van der Waals surface area contributed by atoms with Crippen molar-refractivity contribution < 1.29 is 28.2 Å². The van der Waals surface area contributed by atoms with E-state index in [0.29, 0.717) is 13.0 Å². The molecule has 1 saturated heterocycles. The Kier molecular flexibility index (Phi) is 7.59. The third-order valence-corrected chi connectivity index (χ3v) is 10.8. The highest BCUT2D eigenvalue weighted by atomic mass is 19.3. The van der Waals surface area contributed by atoms with Crippen molar-refractivity contribution in [2.45, 2.75) is 102 Å². The Morgan fingerprint density at radius 1 is 1.07 bits per heavy atom. The molecule has 6 nitrogen and oxygen atoms in total. The molecule has 2 aromatic rings. The molecule has 2 N–H and O–H groups in total. The number of methoxy groups -OCH3 is 1. The highest BCUT2D eigenvalue weighted by Crippen LogP contribution is 2.65. The Labute approximate surface area is 253 Å². The van der Waals surface area contributed by atoms with Crippen LogP contribution in [0.4, 0.5) is 8.78 Å². The molecule has 1 heterocycles. The number of amides is 1. The fraction of sp³-hybridized carbons (Fsp3) is 0.600. The lowest BCUT2D eigenvalue weighted by atomic mass is 9.42. The molecular formula is C35H44F2N2O4. The predicted octanol–water partition coefficient (Wildman–Crippen LogP) is 6.73. The molecule has 0 spiro atoms. The molecule has 2 aromatic carbocycles. The highest BCUT2D eigenvalue weighted by molar-refractivity contribution is 5.87. The second-order valence-electron chi connectivity index (χ2n) is 14.6. The molecule has 4 aliphatic carbocycles. The molecule has 1 aliphatic heterocycles. The smallest absolute Gasteiger partial charge is 0.326 e. The summed E-state index contributed by atoms with van der Waals surface area (Å²) >= 11 is 0. The predicted molar refractivity (Wildman–Crippen MR) is 160 cm³/mol. The van der Waals surface area contributed by atoms with Crippen LogP contribution in [0.15, 0.2) is 48.5 Å². The molecule has 43 heavy (non-hydrogen) atoms. The van der Waals surface area contributed by atoms with Crippen LogP contribution in [0.2, 0.25) is 0 Å². The lowest BCUT2D eigenvalue weighted by Crippen LogP contribution is -2.55. The zero-order valence-corrected chi connectivity index (χ0v) is 25.6. The van der Waals surface area contributed by atoms with Gasteiger partial charge in [0.1, 0.15) is 11.8 Å². The number of hydrogen-bond donors (Lipinski definition) is 2. The van der Waals surface area contributed by atoms with Crippen molar-refractivity contribution in [3.63, 3.8) is 0 Å². The first kappa shape index (κ1) is 30.0. The molecule has 0 radical (unpaired) electrons. The van der Waals surface area contributed by atoms with Gasteiger partial charge in [0.05, 0.1) is 13.2 Å². The van der Waals surface area contributed by atoms with E-state index >= 15 is 0 Å². The summed E-state index contributed by atoms with van der Waals surface area (Å²) in [6.07, 6.45) is 3.50. The number of rotatable bonds is 8. The zero-order valence-electron chi connectivity index (χ0n) is 25.6. The van der Waals surface area contributed by atoms with E-state index in [2.05, 4.69) is 17.4 Å². The normalized spacial score (nSPS) is 32.9. The summed E-state index contributed by atoms with van der Waals surface area (Å²) in [5.74, 6) is -4.32. The van der Waals surface area contributed by atoms with Crippen LogP contribution in [0, 0.1) is 23.2 Å². The molecule has 8 heteroatoms. The Hall–Kier alpha value is -3.00. The number of carboxylic acid groups (broad SMARTS) is 1. The van der Waals surface area contributed by atoms with Crippen molar-refractivity contribution in [3.05, 3.63) is 65.2 Å².